The monoisotopic (exact) mass is 147 g/mol. The highest BCUT2D eigenvalue weighted by Crippen LogP contribution is 2.05. The lowest BCUT2D eigenvalue weighted by Gasteiger charge is -1.91. The van der Waals surface area contributed by atoms with E-state index in [0.717, 1.165) is 0 Å². The third-order valence-corrected chi connectivity index (χ3v) is 1.09. The van der Waals surface area contributed by atoms with E-state index in [-0.39, 0.29) is 5.57 Å². The minimum Gasteiger partial charge on any atom is -0.514 e. The first-order valence-corrected chi connectivity index (χ1v) is 2.89. The van der Waals surface area contributed by atoms with Crippen LogP contribution in [0.15, 0.2) is 24.9 Å². The summed E-state index contributed by atoms with van der Waals surface area (Å²) in [5, 5.41) is 17.0. The number of aliphatic hydroxyl groups excluding tert-OH is 1. The summed E-state index contributed by atoms with van der Waals surface area (Å²) in [6.45, 7) is 0. The smallest absolute Gasteiger partial charge is 0.113 e. The van der Waals surface area contributed by atoms with Gasteiger partial charge in [0.15, 0.2) is 0 Å². The molecule has 1 aromatic rings. The zero-order chi connectivity index (χ0) is 8.10. The lowest BCUT2D eigenvalue weighted by atomic mass is 10.2. The molecule has 0 aliphatic carbocycles. The van der Waals surface area contributed by atoms with Crippen LogP contribution in [0.3, 0.4) is 0 Å². The Labute approximate surface area is 63.5 Å². The van der Waals surface area contributed by atoms with Gasteiger partial charge >= 0.3 is 0 Å². The molecule has 1 heterocycles. The maximum absolute atomic E-state index is 8.53. The molecule has 0 spiro atoms. The van der Waals surface area contributed by atoms with Crippen LogP contribution in [0, 0.1) is 11.3 Å². The molecular weight excluding hydrogens is 142 g/mol. The number of hydrogen-bond donors (Lipinski definition) is 1. The normalized spacial score (nSPS) is 10.6. The fraction of sp³-hybridized carbons (Fsp3) is 0. The van der Waals surface area contributed by atoms with Crippen LogP contribution in [0.5, 0.6) is 0 Å². The number of allylic oxidation sites excluding steroid dienone is 1. The van der Waals surface area contributed by atoms with Crippen LogP contribution >= 0.6 is 0 Å². The van der Waals surface area contributed by atoms with Crippen LogP contribution in [0.2, 0.25) is 0 Å². The van der Waals surface area contributed by atoms with Crippen molar-refractivity contribution in [1.29, 1.82) is 5.26 Å². The van der Waals surface area contributed by atoms with Crippen molar-refractivity contribution >= 4 is 5.57 Å². The first-order valence-electron chi connectivity index (χ1n) is 2.89. The van der Waals surface area contributed by atoms with Gasteiger partial charge in [0.1, 0.15) is 17.3 Å². The van der Waals surface area contributed by atoms with Gasteiger partial charge < -0.3 is 5.11 Å². The van der Waals surface area contributed by atoms with Gasteiger partial charge in [0.25, 0.3) is 0 Å². The number of nitriles is 1. The summed E-state index contributed by atoms with van der Waals surface area (Å²) in [7, 11) is 0. The van der Waals surface area contributed by atoms with E-state index >= 15 is 0 Å². The molecule has 1 N–H and O–H groups in total. The molecule has 0 unspecified atom stereocenters. The number of nitrogens with zero attached hydrogens (tertiary/aromatic N) is 3. The summed E-state index contributed by atoms with van der Waals surface area (Å²) >= 11 is 0. The van der Waals surface area contributed by atoms with Crippen molar-refractivity contribution in [3.63, 3.8) is 0 Å². The van der Waals surface area contributed by atoms with Crippen molar-refractivity contribution in [1.82, 2.24) is 9.97 Å². The first kappa shape index (κ1) is 7.22. The zero-order valence-electron chi connectivity index (χ0n) is 5.60. The molecule has 54 valence electrons. The molecule has 0 radical (unpaired) electrons. The van der Waals surface area contributed by atoms with Crippen molar-refractivity contribution in [2.24, 2.45) is 0 Å². The van der Waals surface area contributed by atoms with E-state index in [1.807, 2.05) is 0 Å². The van der Waals surface area contributed by atoms with Crippen molar-refractivity contribution in [2.45, 2.75) is 0 Å². The average molecular weight is 147 g/mol. The van der Waals surface area contributed by atoms with Gasteiger partial charge in [-0.05, 0) is 0 Å². The molecule has 4 heteroatoms. The lowest BCUT2D eigenvalue weighted by Crippen LogP contribution is -1.87. The van der Waals surface area contributed by atoms with E-state index in [1.54, 1.807) is 6.07 Å². The Morgan fingerprint density at radius 1 is 1.64 bits per heavy atom. The van der Waals surface area contributed by atoms with Gasteiger partial charge in [0.05, 0.1) is 12.5 Å². The molecular formula is C7H5N3O. The molecule has 0 fully saturated rings. The van der Waals surface area contributed by atoms with Crippen LogP contribution in [0.4, 0.5) is 0 Å². The summed E-state index contributed by atoms with van der Waals surface area (Å²) in [6, 6.07) is 1.78. The van der Waals surface area contributed by atoms with E-state index in [0.29, 0.717) is 12.0 Å². The second-order valence-corrected chi connectivity index (χ2v) is 1.75. The van der Waals surface area contributed by atoms with Crippen LogP contribution in [0.25, 0.3) is 5.57 Å². The van der Waals surface area contributed by atoms with Gasteiger partial charge in [-0.2, -0.15) is 5.26 Å². The standard InChI is InChI=1S/C7H5N3O/c8-3-6(5-11)7-4-9-1-2-10-7/h1-2,4-5,11H/b6-5+. The summed E-state index contributed by atoms with van der Waals surface area (Å²) in [6.07, 6.45) is 5.07. The second-order valence-electron chi connectivity index (χ2n) is 1.75. The van der Waals surface area contributed by atoms with Crippen LogP contribution in [0.1, 0.15) is 5.69 Å². The van der Waals surface area contributed by atoms with E-state index in [9.17, 15) is 0 Å². The van der Waals surface area contributed by atoms with Crippen molar-refractivity contribution < 1.29 is 5.11 Å². The topological polar surface area (TPSA) is 69.8 Å². The fourth-order valence-electron chi connectivity index (χ4n) is 0.590. The van der Waals surface area contributed by atoms with Crippen LogP contribution in [-0.4, -0.2) is 15.1 Å². The summed E-state index contributed by atoms with van der Waals surface area (Å²) in [5.74, 6) is 0. The second kappa shape index (κ2) is 3.32. The molecule has 11 heavy (non-hydrogen) atoms. The van der Waals surface area contributed by atoms with E-state index < -0.39 is 0 Å². The van der Waals surface area contributed by atoms with Crippen molar-refractivity contribution in [3.8, 4) is 6.07 Å². The third-order valence-electron chi connectivity index (χ3n) is 1.09. The summed E-state index contributed by atoms with van der Waals surface area (Å²) < 4.78 is 0. The largest absolute Gasteiger partial charge is 0.514 e. The highest BCUT2D eigenvalue weighted by atomic mass is 16.2. The Hall–Kier alpha value is -1.89. The van der Waals surface area contributed by atoms with E-state index in [2.05, 4.69) is 9.97 Å². The Morgan fingerprint density at radius 2 is 2.45 bits per heavy atom. The predicted octanol–water partition coefficient (Wildman–Crippen LogP) is 0.899. The fourth-order valence-corrected chi connectivity index (χ4v) is 0.590. The number of rotatable bonds is 1. The highest BCUT2D eigenvalue weighted by molar-refractivity contribution is 5.72. The maximum atomic E-state index is 8.53. The molecule has 0 bridgehead atoms. The highest BCUT2D eigenvalue weighted by Gasteiger charge is 1.99. The number of hydrogen-bond acceptors (Lipinski definition) is 4. The van der Waals surface area contributed by atoms with Crippen LogP contribution < -0.4 is 0 Å². The van der Waals surface area contributed by atoms with Crippen molar-refractivity contribution in [3.05, 3.63) is 30.5 Å². The number of aliphatic hydroxyl groups is 1. The van der Waals surface area contributed by atoms with Gasteiger partial charge in [-0.1, -0.05) is 0 Å². The Bertz CT molecular complexity index is 299. The molecule has 1 rings (SSSR count). The van der Waals surface area contributed by atoms with Gasteiger partial charge in [0.2, 0.25) is 0 Å². The van der Waals surface area contributed by atoms with Gasteiger partial charge in [-0.3, -0.25) is 9.97 Å². The van der Waals surface area contributed by atoms with Gasteiger partial charge in [-0.15, -0.1) is 0 Å². The molecule has 0 aromatic carbocycles. The molecule has 0 amide bonds. The molecule has 1 aromatic heterocycles. The Kier molecular flexibility index (Phi) is 2.18. The lowest BCUT2D eigenvalue weighted by molar-refractivity contribution is 0.476. The minimum atomic E-state index is 0.109. The average Bonchev–Trinajstić information content (AvgIpc) is 2.09. The van der Waals surface area contributed by atoms with Gasteiger partial charge in [0, 0.05) is 12.4 Å². The number of aromatic nitrogens is 2. The maximum Gasteiger partial charge on any atom is 0.113 e. The summed E-state index contributed by atoms with van der Waals surface area (Å²) in [5.41, 5.74) is 0.482. The molecule has 0 aliphatic rings. The van der Waals surface area contributed by atoms with Crippen molar-refractivity contribution in [2.75, 3.05) is 0 Å². The molecule has 0 atom stereocenters. The van der Waals surface area contributed by atoms with Gasteiger partial charge in [-0.25, -0.2) is 0 Å². The quantitative estimate of drug-likeness (QED) is 0.473. The molecule has 4 nitrogen and oxygen atoms in total. The SMILES string of the molecule is N#C/C(=C\O)c1cnccn1. The van der Waals surface area contributed by atoms with E-state index in [1.165, 1.54) is 18.6 Å². The molecule has 0 saturated heterocycles. The summed E-state index contributed by atoms with van der Waals surface area (Å²) in [4.78, 5) is 7.54. The first-order chi connectivity index (χ1) is 5.38. The molecule has 0 saturated carbocycles. The van der Waals surface area contributed by atoms with Crippen LogP contribution in [-0.2, 0) is 0 Å². The Morgan fingerprint density at radius 3 is 2.91 bits per heavy atom. The third kappa shape index (κ3) is 1.52. The molecule has 0 aliphatic heterocycles. The zero-order valence-corrected chi connectivity index (χ0v) is 5.60. The minimum absolute atomic E-state index is 0.109. The van der Waals surface area contributed by atoms with E-state index in [4.69, 9.17) is 10.4 Å². The predicted molar refractivity (Wildman–Crippen MR) is 38.3 cm³/mol. The Balaban J connectivity index is 3.05.